The van der Waals surface area contributed by atoms with E-state index in [4.69, 9.17) is 5.73 Å². The van der Waals surface area contributed by atoms with Gasteiger partial charge in [-0.25, -0.2) is 0 Å². The first-order valence-electron chi connectivity index (χ1n) is 5.93. The highest BCUT2D eigenvalue weighted by Gasteiger charge is 2.10. The highest BCUT2D eigenvalue weighted by molar-refractivity contribution is 8.76. The van der Waals surface area contributed by atoms with Crippen molar-refractivity contribution in [1.29, 1.82) is 0 Å². The third kappa shape index (κ3) is 3.46. The first kappa shape index (κ1) is 14.7. The van der Waals surface area contributed by atoms with E-state index < -0.39 is 0 Å². The second kappa shape index (κ2) is 6.19. The van der Waals surface area contributed by atoms with Gasteiger partial charge in [-0.05, 0) is 49.7 Å². The maximum atomic E-state index is 10.8. The predicted molar refractivity (Wildman–Crippen MR) is 85.1 cm³/mol. The minimum Gasteiger partial charge on any atom is -0.399 e. The van der Waals surface area contributed by atoms with E-state index in [0.717, 1.165) is 21.0 Å². The van der Waals surface area contributed by atoms with Crippen molar-refractivity contribution in [3.05, 3.63) is 57.6 Å². The first-order valence-corrected chi connectivity index (χ1v) is 8.08. The average Bonchev–Trinajstić information content (AvgIpc) is 2.40. The summed E-state index contributed by atoms with van der Waals surface area (Å²) in [5.41, 5.74) is 8.45. The van der Waals surface area contributed by atoms with E-state index >= 15 is 0 Å². The van der Waals surface area contributed by atoms with Crippen LogP contribution in [-0.4, -0.2) is 4.92 Å². The van der Waals surface area contributed by atoms with Crippen LogP contribution in [0.2, 0.25) is 0 Å². The Labute approximate surface area is 125 Å². The van der Waals surface area contributed by atoms with Gasteiger partial charge in [-0.3, -0.25) is 10.1 Å². The fourth-order valence-electron chi connectivity index (χ4n) is 1.68. The highest BCUT2D eigenvalue weighted by Crippen LogP contribution is 2.39. The maximum absolute atomic E-state index is 10.8. The molecule has 0 fully saturated rings. The van der Waals surface area contributed by atoms with Crippen molar-refractivity contribution in [3.8, 4) is 0 Å². The van der Waals surface area contributed by atoms with Gasteiger partial charge in [0.15, 0.2) is 0 Å². The van der Waals surface area contributed by atoms with E-state index in [0.29, 0.717) is 5.56 Å². The lowest BCUT2D eigenvalue weighted by atomic mass is 10.2. The number of nitrogens with two attached hydrogens (primary N) is 1. The summed E-state index contributed by atoms with van der Waals surface area (Å²) in [4.78, 5) is 12.5. The fraction of sp³-hybridized carbons (Fsp3) is 0.143. The number of hydrogen-bond acceptors (Lipinski definition) is 5. The van der Waals surface area contributed by atoms with E-state index in [2.05, 4.69) is 0 Å². The first-order chi connectivity index (χ1) is 9.47. The molecule has 104 valence electrons. The number of anilines is 1. The van der Waals surface area contributed by atoms with Crippen molar-refractivity contribution in [2.24, 2.45) is 0 Å². The summed E-state index contributed by atoms with van der Waals surface area (Å²) in [6.45, 7) is 3.72. The molecule has 0 unspecified atom stereocenters. The molecule has 0 atom stereocenters. The Morgan fingerprint density at radius 2 is 1.55 bits per heavy atom. The fourth-order valence-corrected chi connectivity index (χ4v) is 3.77. The van der Waals surface area contributed by atoms with Crippen LogP contribution in [-0.2, 0) is 0 Å². The standard InChI is InChI=1S/C14H14N2O2S2/c1-9-7-11(3-5-13(9)15)19-20-12-4-6-14(16(17)18)10(2)8-12/h3-8H,15H2,1-2H3. The van der Waals surface area contributed by atoms with Crippen molar-refractivity contribution in [2.45, 2.75) is 23.6 Å². The molecule has 6 heteroatoms. The summed E-state index contributed by atoms with van der Waals surface area (Å²) in [5.74, 6) is 0. The molecule has 2 aromatic carbocycles. The van der Waals surface area contributed by atoms with E-state index in [1.807, 2.05) is 31.2 Å². The number of nitro groups is 1. The Hall–Kier alpha value is -1.66. The van der Waals surface area contributed by atoms with Gasteiger partial charge in [0.1, 0.15) is 0 Å². The molecule has 0 aliphatic carbocycles. The Morgan fingerprint density at radius 3 is 2.05 bits per heavy atom. The highest BCUT2D eigenvalue weighted by atomic mass is 33.1. The monoisotopic (exact) mass is 306 g/mol. The van der Waals surface area contributed by atoms with Gasteiger partial charge < -0.3 is 5.73 Å². The van der Waals surface area contributed by atoms with Crippen molar-refractivity contribution >= 4 is 33.0 Å². The Kier molecular flexibility index (Phi) is 4.57. The number of benzene rings is 2. The number of nitro benzene ring substituents is 1. The van der Waals surface area contributed by atoms with Crippen LogP contribution in [0.25, 0.3) is 0 Å². The van der Waals surface area contributed by atoms with Crippen molar-refractivity contribution in [3.63, 3.8) is 0 Å². The summed E-state index contributed by atoms with van der Waals surface area (Å²) in [7, 11) is 3.19. The second-order valence-corrected chi connectivity index (χ2v) is 6.67. The molecule has 0 aliphatic rings. The topological polar surface area (TPSA) is 69.2 Å². The second-order valence-electron chi connectivity index (χ2n) is 4.39. The zero-order valence-corrected chi connectivity index (χ0v) is 12.8. The maximum Gasteiger partial charge on any atom is 0.272 e. The molecule has 2 rings (SSSR count). The molecule has 0 bridgehead atoms. The molecule has 0 spiro atoms. The van der Waals surface area contributed by atoms with Gasteiger partial charge >= 0.3 is 0 Å². The van der Waals surface area contributed by atoms with E-state index in [1.165, 1.54) is 0 Å². The van der Waals surface area contributed by atoms with Gasteiger partial charge in [-0.1, -0.05) is 21.6 Å². The lowest BCUT2D eigenvalue weighted by molar-refractivity contribution is -0.385. The average molecular weight is 306 g/mol. The van der Waals surface area contributed by atoms with Crippen molar-refractivity contribution < 1.29 is 4.92 Å². The van der Waals surface area contributed by atoms with Crippen LogP contribution in [0, 0.1) is 24.0 Å². The number of hydrogen-bond donors (Lipinski definition) is 1. The molecule has 0 aliphatic heterocycles. The molecule has 0 saturated carbocycles. The summed E-state index contributed by atoms with van der Waals surface area (Å²) < 4.78 is 0. The van der Waals surface area contributed by atoms with E-state index in [9.17, 15) is 10.1 Å². The quantitative estimate of drug-likeness (QED) is 0.387. The van der Waals surface area contributed by atoms with Crippen molar-refractivity contribution in [2.75, 3.05) is 5.73 Å². The van der Waals surface area contributed by atoms with Crippen LogP contribution < -0.4 is 5.73 Å². The molecule has 0 heterocycles. The largest absolute Gasteiger partial charge is 0.399 e. The lowest BCUT2D eigenvalue weighted by Gasteiger charge is -2.05. The summed E-state index contributed by atoms with van der Waals surface area (Å²) in [6.07, 6.45) is 0. The smallest absolute Gasteiger partial charge is 0.272 e. The van der Waals surface area contributed by atoms with Crippen LogP contribution in [0.1, 0.15) is 11.1 Å². The summed E-state index contributed by atoms with van der Waals surface area (Å²) in [6, 6.07) is 11.0. The van der Waals surface area contributed by atoms with Crippen LogP contribution in [0.15, 0.2) is 46.2 Å². The zero-order valence-electron chi connectivity index (χ0n) is 11.1. The summed E-state index contributed by atoms with van der Waals surface area (Å²) in [5, 5.41) is 10.8. The van der Waals surface area contributed by atoms with E-state index in [1.54, 1.807) is 40.6 Å². The van der Waals surface area contributed by atoms with Gasteiger partial charge in [-0.15, -0.1) is 0 Å². The van der Waals surface area contributed by atoms with Gasteiger partial charge in [0.2, 0.25) is 0 Å². The molecule has 0 aromatic heterocycles. The molecule has 0 radical (unpaired) electrons. The van der Waals surface area contributed by atoms with E-state index in [-0.39, 0.29) is 10.6 Å². The molecule has 0 amide bonds. The van der Waals surface area contributed by atoms with Crippen LogP contribution in [0.4, 0.5) is 11.4 Å². The van der Waals surface area contributed by atoms with Crippen LogP contribution in [0.5, 0.6) is 0 Å². The molecule has 20 heavy (non-hydrogen) atoms. The number of rotatable bonds is 4. The lowest BCUT2D eigenvalue weighted by Crippen LogP contribution is -1.91. The SMILES string of the molecule is Cc1cc(SSc2ccc([N+](=O)[O-])c(C)c2)ccc1N. The minimum atomic E-state index is -0.361. The molecule has 2 N–H and O–H groups in total. The van der Waals surface area contributed by atoms with Crippen LogP contribution >= 0.6 is 21.6 Å². The van der Waals surface area contributed by atoms with Gasteiger partial charge in [0, 0.05) is 27.1 Å². The van der Waals surface area contributed by atoms with Gasteiger partial charge in [0.05, 0.1) is 4.92 Å². The number of aryl methyl sites for hydroxylation is 2. The zero-order chi connectivity index (χ0) is 14.7. The normalized spacial score (nSPS) is 10.5. The number of nitrogens with zero attached hydrogens (tertiary/aromatic N) is 1. The Bertz CT molecular complexity index is 660. The molecule has 2 aromatic rings. The van der Waals surface area contributed by atoms with Crippen LogP contribution in [0.3, 0.4) is 0 Å². The predicted octanol–water partition coefficient (Wildman–Crippen LogP) is 4.59. The minimum absolute atomic E-state index is 0.155. The number of nitrogen functional groups attached to an aromatic ring is 1. The Balaban J connectivity index is 2.09. The molecular weight excluding hydrogens is 292 g/mol. The molecular formula is C14H14N2O2S2. The van der Waals surface area contributed by atoms with Gasteiger partial charge in [0.25, 0.3) is 5.69 Å². The van der Waals surface area contributed by atoms with Crippen molar-refractivity contribution in [1.82, 2.24) is 0 Å². The van der Waals surface area contributed by atoms with Gasteiger partial charge in [-0.2, -0.15) is 0 Å². The summed E-state index contributed by atoms with van der Waals surface area (Å²) >= 11 is 0. The Morgan fingerprint density at radius 1 is 1.00 bits per heavy atom. The molecule has 0 saturated heterocycles. The third-order valence-electron chi connectivity index (χ3n) is 2.84. The third-order valence-corrected chi connectivity index (χ3v) is 5.22. The molecule has 4 nitrogen and oxygen atoms in total.